The van der Waals surface area contributed by atoms with Gasteiger partial charge in [0.1, 0.15) is 38.6 Å². The molecule has 0 bridgehead atoms. The van der Waals surface area contributed by atoms with Gasteiger partial charge in [-0.15, -0.1) is 0 Å². The van der Waals surface area contributed by atoms with Crippen molar-refractivity contribution >= 4 is 46.2 Å². The Morgan fingerprint density at radius 3 is 2.76 bits per heavy atom. The predicted molar refractivity (Wildman–Crippen MR) is 112 cm³/mol. The number of anilines is 2. The Bertz CT molecular complexity index is 1050. The Balaban J connectivity index is 1.34. The summed E-state index contributed by atoms with van der Waals surface area (Å²) in [6.45, 7) is 3.77. The van der Waals surface area contributed by atoms with E-state index in [4.69, 9.17) is 27.1 Å². The van der Waals surface area contributed by atoms with Gasteiger partial charge in [0.2, 0.25) is 0 Å². The summed E-state index contributed by atoms with van der Waals surface area (Å²) in [5.74, 6) is 1.15. The van der Waals surface area contributed by atoms with Crippen LogP contribution in [0.2, 0.25) is 5.02 Å². The molecule has 2 N–H and O–H groups in total. The molecule has 0 saturated carbocycles. The largest absolute Gasteiger partial charge is 0.382 e. The normalized spacial score (nSPS) is 18.6. The van der Waals surface area contributed by atoms with E-state index < -0.39 is 0 Å². The first-order valence-electron chi connectivity index (χ1n) is 9.52. The van der Waals surface area contributed by atoms with Crippen LogP contribution in [-0.2, 0) is 4.74 Å². The summed E-state index contributed by atoms with van der Waals surface area (Å²) in [4.78, 5) is 24.3. The van der Waals surface area contributed by atoms with Crippen LogP contribution in [-0.4, -0.2) is 51.2 Å². The lowest BCUT2D eigenvalue weighted by molar-refractivity contribution is 0.133. The molecule has 1 spiro atoms. The number of fused-ring (bicyclic) bond motifs is 1. The summed E-state index contributed by atoms with van der Waals surface area (Å²) in [5, 5.41) is 1.62. The molecule has 2 aliphatic rings. The molecule has 0 atom stereocenters. The molecule has 0 aliphatic carbocycles. The molecule has 10 heteroatoms. The van der Waals surface area contributed by atoms with Crippen LogP contribution in [0.15, 0.2) is 34.7 Å². The molecule has 2 fully saturated rings. The van der Waals surface area contributed by atoms with E-state index in [1.807, 2.05) is 18.3 Å². The number of nitrogens with zero attached hydrogens (tertiary/aromatic N) is 6. The summed E-state index contributed by atoms with van der Waals surface area (Å²) in [6.07, 6.45) is 6.66. The quantitative estimate of drug-likeness (QED) is 0.628. The summed E-state index contributed by atoms with van der Waals surface area (Å²) >= 11 is 7.50. The SMILES string of the molecule is Nc1ncnc(Sc2ccc3nc(N4CCC5(CCOC5)CC4)cnc3n2)c1Cl. The van der Waals surface area contributed by atoms with Crippen LogP contribution in [0.1, 0.15) is 19.3 Å². The second kappa shape index (κ2) is 7.55. The molecule has 5 heterocycles. The lowest BCUT2D eigenvalue weighted by Gasteiger charge is -2.38. The molecule has 0 radical (unpaired) electrons. The van der Waals surface area contributed by atoms with Crippen molar-refractivity contribution in [2.75, 3.05) is 36.9 Å². The van der Waals surface area contributed by atoms with Gasteiger partial charge in [-0.3, -0.25) is 0 Å². The maximum absolute atomic E-state index is 6.17. The molecule has 5 rings (SSSR count). The number of rotatable bonds is 3. The number of nitrogens with two attached hydrogens (primary N) is 1. The lowest BCUT2D eigenvalue weighted by Crippen LogP contribution is -2.40. The molecule has 150 valence electrons. The van der Waals surface area contributed by atoms with Crippen molar-refractivity contribution in [1.29, 1.82) is 0 Å². The molecule has 3 aromatic rings. The molecule has 2 saturated heterocycles. The van der Waals surface area contributed by atoms with Crippen LogP contribution in [0.4, 0.5) is 11.6 Å². The predicted octanol–water partition coefficient (Wildman–Crippen LogP) is 3.21. The summed E-state index contributed by atoms with van der Waals surface area (Å²) in [6, 6.07) is 3.82. The van der Waals surface area contributed by atoms with E-state index in [-0.39, 0.29) is 5.82 Å². The minimum Gasteiger partial charge on any atom is -0.382 e. The van der Waals surface area contributed by atoms with E-state index in [1.54, 1.807) is 0 Å². The van der Waals surface area contributed by atoms with Crippen LogP contribution in [0.25, 0.3) is 11.2 Å². The highest BCUT2D eigenvalue weighted by atomic mass is 35.5. The highest BCUT2D eigenvalue weighted by Gasteiger charge is 2.38. The van der Waals surface area contributed by atoms with Crippen molar-refractivity contribution in [2.24, 2.45) is 5.41 Å². The fraction of sp³-hybridized carbons (Fsp3) is 0.421. The van der Waals surface area contributed by atoms with E-state index in [1.165, 1.54) is 24.5 Å². The zero-order valence-electron chi connectivity index (χ0n) is 15.7. The number of halogens is 1. The van der Waals surface area contributed by atoms with Gasteiger partial charge in [-0.2, -0.15) is 0 Å². The van der Waals surface area contributed by atoms with Crippen LogP contribution < -0.4 is 10.6 Å². The molecule has 3 aromatic heterocycles. The van der Waals surface area contributed by atoms with Crippen molar-refractivity contribution in [2.45, 2.75) is 29.3 Å². The molecular weight excluding hydrogens is 410 g/mol. The van der Waals surface area contributed by atoms with Gasteiger partial charge in [-0.1, -0.05) is 11.6 Å². The molecule has 0 amide bonds. The second-order valence-electron chi connectivity index (χ2n) is 7.49. The third-order valence-corrected chi connectivity index (χ3v) is 7.11. The Morgan fingerprint density at radius 1 is 1.10 bits per heavy atom. The number of aromatic nitrogens is 5. The number of hydrogen-bond donors (Lipinski definition) is 1. The summed E-state index contributed by atoms with van der Waals surface area (Å²) in [5.41, 5.74) is 7.48. The van der Waals surface area contributed by atoms with Gasteiger partial charge in [0.25, 0.3) is 0 Å². The standard InChI is InChI=1S/C19H20ClN7OS/c20-15-16(21)23-11-24-18(15)29-14-2-1-12-17(26-14)22-9-13(25-12)27-6-3-19(4-7-27)5-8-28-10-19/h1-2,9,11H,3-8,10H2,(H2,21,23,24). The summed E-state index contributed by atoms with van der Waals surface area (Å²) < 4.78 is 5.62. The van der Waals surface area contributed by atoms with Crippen LogP contribution in [0, 0.1) is 5.41 Å². The van der Waals surface area contributed by atoms with Crippen molar-refractivity contribution < 1.29 is 4.74 Å². The number of pyridine rings is 1. The van der Waals surface area contributed by atoms with E-state index in [0.29, 0.717) is 21.1 Å². The Morgan fingerprint density at radius 2 is 1.97 bits per heavy atom. The second-order valence-corrected chi connectivity index (χ2v) is 8.88. The number of nitrogen functional groups attached to an aromatic ring is 1. The minimum atomic E-state index is 0.252. The monoisotopic (exact) mass is 429 g/mol. The first kappa shape index (κ1) is 18.8. The van der Waals surface area contributed by atoms with Crippen LogP contribution >= 0.6 is 23.4 Å². The number of piperidine rings is 1. The topological polar surface area (TPSA) is 103 Å². The maximum Gasteiger partial charge on any atom is 0.179 e. The molecule has 8 nitrogen and oxygen atoms in total. The van der Waals surface area contributed by atoms with Crippen molar-refractivity contribution in [3.63, 3.8) is 0 Å². The van der Waals surface area contributed by atoms with Gasteiger partial charge in [0.15, 0.2) is 5.65 Å². The molecule has 2 aliphatic heterocycles. The first-order chi connectivity index (χ1) is 14.1. The molecule has 29 heavy (non-hydrogen) atoms. The van der Waals surface area contributed by atoms with Gasteiger partial charge in [-0.05, 0) is 48.6 Å². The van der Waals surface area contributed by atoms with Crippen molar-refractivity contribution in [1.82, 2.24) is 24.9 Å². The minimum absolute atomic E-state index is 0.252. The third kappa shape index (κ3) is 3.70. The zero-order valence-corrected chi connectivity index (χ0v) is 17.3. The van der Waals surface area contributed by atoms with Gasteiger partial charge in [0, 0.05) is 19.7 Å². The fourth-order valence-corrected chi connectivity index (χ4v) is 4.85. The molecule has 0 unspecified atom stereocenters. The van der Waals surface area contributed by atoms with Gasteiger partial charge in [0.05, 0.1) is 12.8 Å². The van der Waals surface area contributed by atoms with Crippen molar-refractivity contribution in [3.8, 4) is 0 Å². The zero-order chi connectivity index (χ0) is 19.8. The van der Waals surface area contributed by atoms with Crippen LogP contribution in [0.5, 0.6) is 0 Å². The molecular formula is C19H20ClN7OS. The first-order valence-corrected chi connectivity index (χ1v) is 10.7. The van der Waals surface area contributed by atoms with E-state index >= 15 is 0 Å². The smallest absolute Gasteiger partial charge is 0.179 e. The average molecular weight is 430 g/mol. The highest BCUT2D eigenvalue weighted by Crippen LogP contribution is 2.40. The Labute approximate surface area is 177 Å². The maximum atomic E-state index is 6.17. The Kier molecular flexibility index (Phi) is 4.89. The molecule has 0 aromatic carbocycles. The fourth-order valence-electron chi connectivity index (χ4n) is 3.88. The lowest BCUT2D eigenvalue weighted by atomic mass is 9.78. The van der Waals surface area contributed by atoms with Gasteiger partial charge in [-0.25, -0.2) is 24.9 Å². The summed E-state index contributed by atoms with van der Waals surface area (Å²) in [7, 11) is 0. The van der Waals surface area contributed by atoms with E-state index in [9.17, 15) is 0 Å². The van der Waals surface area contributed by atoms with E-state index in [2.05, 4.69) is 24.8 Å². The van der Waals surface area contributed by atoms with Crippen molar-refractivity contribution in [3.05, 3.63) is 29.7 Å². The van der Waals surface area contributed by atoms with Gasteiger partial charge < -0.3 is 15.4 Å². The Hall–Kier alpha value is -2.23. The van der Waals surface area contributed by atoms with E-state index in [0.717, 1.165) is 55.5 Å². The number of ether oxygens (including phenoxy) is 1. The average Bonchev–Trinajstić information content (AvgIpc) is 3.19. The van der Waals surface area contributed by atoms with Gasteiger partial charge >= 0.3 is 0 Å². The third-order valence-electron chi connectivity index (χ3n) is 5.69. The number of hydrogen-bond acceptors (Lipinski definition) is 9. The highest BCUT2D eigenvalue weighted by molar-refractivity contribution is 7.99. The van der Waals surface area contributed by atoms with Crippen LogP contribution in [0.3, 0.4) is 0 Å².